The SMILES string of the molecule is Cc1nn(C)c(N)c1C1=CCCC1. The maximum Gasteiger partial charge on any atom is 0.129 e. The normalized spacial score (nSPS) is 16.3. The van der Waals surface area contributed by atoms with E-state index in [0.717, 1.165) is 17.9 Å². The summed E-state index contributed by atoms with van der Waals surface area (Å²) in [6.45, 7) is 2.02. The molecule has 0 aliphatic heterocycles. The Labute approximate surface area is 78.2 Å². The van der Waals surface area contributed by atoms with Gasteiger partial charge in [0, 0.05) is 12.6 Å². The van der Waals surface area contributed by atoms with E-state index in [1.807, 2.05) is 14.0 Å². The van der Waals surface area contributed by atoms with E-state index in [1.54, 1.807) is 4.68 Å². The van der Waals surface area contributed by atoms with Gasteiger partial charge in [0.2, 0.25) is 0 Å². The molecule has 3 heteroatoms. The molecule has 0 saturated heterocycles. The summed E-state index contributed by atoms with van der Waals surface area (Å²) in [6.07, 6.45) is 5.86. The molecule has 0 atom stereocenters. The third-order valence-corrected chi connectivity index (χ3v) is 2.63. The second-order valence-corrected chi connectivity index (χ2v) is 3.59. The predicted octanol–water partition coefficient (Wildman–Crippen LogP) is 1.88. The van der Waals surface area contributed by atoms with Crippen LogP contribution in [-0.4, -0.2) is 9.78 Å². The monoisotopic (exact) mass is 177 g/mol. The summed E-state index contributed by atoms with van der Waals surface area (Å²) in [5.41, 5.74) is 9.54. The van der Waals surface area contributed by atoms with E-state index in [0.29, 0.717) is 0 Å². The van der Waals surface area contributed by atoms with Crippen LogP contribution in [0.25, 0.3) is 5.57 Å². The second-order valence-electron chi connectivity index (χ2n) is 3.59. The molecule has 0 bridgehead atoms. The Kier molecular flexibility index (Phi) is 1.87. The van der Waals surface area contributed by atoms with Crippen LogP contribution in [0.1, 0.15) is 30.5 Å². The average molecular weight is 177 g/mol. The molecule has 2 rings (SSSR count). The van der Waals surface area contributed by atoms with Crippen molar-refractivity contribution in [3.8, 4) is 0 Å². The fourth-order valence-corrected chi connectivity index (χ4v) is 1.97. The Balaban J connectivity index is 2.49. The highest BCUT2D eigenvalue weighted by atomic mass is 15.3. The zero-order valence-electron chi connectivity index (χ0n) is 8.17. The number of hydrogen-bond acceptors (Lipinski definition) is 2. The number of nitrogens with zero attached hydrogens (tertiary/aromatic N) is 2. The zero-order chi connectivity index (χ0) is 9.42. The number of rotatable bonds is 1. The van der Waals surface area contributed by atoms with Crippen molar-refractivity contribution >= 4 is 11.4 Å². The van der Waals surface area contributed by atoms with Gasteiger partial charge in [-0.3, -0.25) is 4.68 Å². The molecule has 0 radical (unpaired) electrons. The van der Waals surface area contributed by atoms with Crippen molar-refractivity contribution in [1.82, 2.24) is 9.78 Å². The molecule has 0 saturated carbocycles. The van der Waals surface area contributed by atoms with Crippen LogP contribution in [0.5, 0.6) is 0 Å². The molecule has 3 nitrogen and oxygen atoms in total. The van der Waals surface area contributed by atoms with Crippen LogP contribution >= 0.6 is 0 Å². The van der Waals surface area contributed by atoms with Crippen LogP contribution in [-0.2, 0) is 7.05 Å². The van der Waals surface area contributed by atoms with Crippen LogP contribution in [0.2, 0.25) is 0 Å². The lowest BCUT2D eigenvalue weighted by molar-refractivity contribution is 0.767. The van der Waals surface area contributed by atoms with Gasteiger partial charge in [0.25, 0.3) is 0 Å². The molecule has 0 amide bonds. The minimum Gasteiger partial charge on any atom is -0.383 e. The number of nitrogens with two attached hydrogens (primary N) is 1. The average Bonchev–Trinajstić information content (AvgIpc) is 2.63. The molecule has 0 aromatic carbocycles. The van der Waals surface area contributed by atoms with Crippen LogP contribution < -0.4 is 5.73 Å². The van der Waals surface area contributed by atoms with Gasteiger partial charge in [0.15, 0.2) is 0 Å². The van der Waals surface area contributed by atoms with Crippen molar-refractivity contribution in [3.63, 3.8) is 0 Å². The smallest absolute Gasteiger partial charge is 0.129 e. The summed E-state index contributed by atoms with van der Waals surface area (Å²) >= 11 is 0. The second kappa shape index (κ2) is 2.91. The van der Waals surface area contributed by atoms with Crippen LogP contribution in [0.4, 0.5) is 5.82 Å². The molecule has 2 N–H and O–H groups in total. The first-order valence-corrected chi connectivity index (χ1v) is 4.68. The highest BCUT2D eigenvalue weighted by molar-refractivity contribution is 5.76. The summed E-state index contributed by atoms with van der Waals surface area (Å²) in [4.78, 5) is 0. The van der Waals surface area contributed by atoms with Crippen molar-refractivity contribution in [1.29, 1.82) is 0 Å². The van der Waals surface area contributed by atoms with Crippen molar-refractivity contribution < 1.29 is 0 Å². The predicted molar refractivity (Wildman–Crippen MR) is 54.2 cm³/mol. The first-order valence-electron chi connectivity index (χ1n) is 4.68. The molecule has 1 heterocycles. The quantitative estimate of drug-likeness (QED) is 0.711. The van der Waals surface area contributed by atoms with E-state index in [1.165, 1.54) is 24.0 Å². The number of allylic oxidation sites excluding steroid dienone is 2. The molecule has 70 valence electrons. The van der Waals surface area contributed by atoms with Crippen LogP contribution in [0, 0.1) is 6.92 Å². The van der Waals surface area contributed by atoms with Crippen molar-refractivity contribution in [2.75, 3.05) is 5.73 Å². The molecule has 13 heavy (non-hydrogen) atoms. The van der Waals surface area contributed by atoms with Gasteiger partial charge < -0.3 is 5.73 Å². The van der Waals surface area contributed by atoms with Crippen molar-refractivity contribution in [2.45, 2.75) is 26.2 Å². The van der Waals surface area contributed by atoms with Crippen LogP contribution in [0.15, 0.2) is 6.08 Å². The van der Waals surface area contributed by atoms with E-state index in [4.69, 9.17) is 5.73 Å². The maximum absolute atomic E-state index is 5.94. The first kappa shape index (κ1) is 8.35. The number of aromatic nitrogens is 2. The molecule has 1 aliphatic carbocycles. The lowest BCUT2D eigenvalue weighted by Crippen LogP contribution is -1.98. The number of anilines is 1. The zero-order valence-corrected chi connectivity index (χ0v) is 8.17. The van der Waals surface area contributed by atoms with E-state index in [9.17, 15) is 0 Å². The lowest BCUT2D eigenvalue weighted by atomic mass is 10.1. The van der Waals surface area contributed by atoms with E-state index in [-0.39, 0.29) is 0 Å². The molecular weight excluding hydrogens is 162 g/mol. The fraction of sp³-hybridized carbons (Fsp3) is 0.500. The van der Waals surface area contributed by atoms with Gasteiger partial charge in [-0.2, -0.15) is 5.10 Å². The number of aryl methyl sites for hydroxylation is 2. The molecule has 0 unspecified atom stereocenters. The Bertz CT molecular complexity index is 360. The Morgan fingerprint density at radius 1 is 1.54 bits per heavy atom. The van der Waals surface area contributed by atoms with E-state index < -0.39 is 0 Å². The van der Waals surface area contributed by atoms with Gasteiger partial charge in [0.05, 0.1) is 5.69 Å². The lowest BCUT2D eigenvalue weighted by Gasteiger charge is -2.01. The van der Waals surface area contributed by atoms with Crippen molar-refractivity contribution in [3.05, 3.63) is 17.3 Å². The first-order chi connectivity index (χ1) is 6.20. The van der Waals surface area contributed by atoms with Gasteiger partial charge in [0.1, 0.15) is 5.82 Å². The van der Waals surface area contributed by atoms with Gasteiger partial charge in [-0.05, 0) is 31.8 Å². The fourth-order valence-electron chi connectivity index (χ4n) is 1.97. The minimum atomic E-state index is 0.797. The summed E-state index contributed by atoms with van der Waals surface area (Å²) in [5, 5.41) is 4.31. The molecule has 0 spiro atoms. The third-order valence-electron chi connectivity index (χ3n) is 2.63. The Morgan fingerprint density at radius 2 is 2.31 bits per heavy atom. The largest absolute Gasteiger partial charge is 0.383 e. The summed E-state index contributed by atoms with van der Waals surface area (Å²) in [6, 6.07) is 0. The Morgan fingerprint density at radius 3 is 2.77 bits per heavy atom. The maximum atomic E-state index is 5.94. The van der Waals surface area contributed by atoms with Crippen LogP contribution in [0.3, 0.4) is 0 Å². The molecular formula is C10H15N3. The molecule has 1 aromatic rings. The number of hydrogen-bond donors (Lipinski definition) is 1. The molecule has 0 fully saturated rings. The highest BCUT2D eigenvalue weighted by Crippen LogP contribution is 2.32. The molecule has 1 aromatic heterocycles. The third kappa shape index (κ3) is 1.24. The van der Waals surface area contributed by atoms with E-state index in [2.05, 4.69) is 11.2 Å². The Hall–Kier alpha value is -1.25. The van der Waals surface area contributed by atoms with Gasteiger partial charge >= 0.3 is 0 Å². The molecule has 1 aliphatic rings. The highest BCUT2D eigenvalue weighted by Gasteiger charge is 2.16. The van der Waals surface area contributed by atoms with Crippen molar-refractivity contribution in [2.24, 2.45) is 7.05 Å². The van der Waals surface area contributed by atoms with E-state index >= 15 is 0 Å². The number of nitrogen functional groups attached to an aromatic ring is 1. The summed E-state index contributed by atoms with van der Waals surface area (Å²) in [5.74, 6) is 0.797. The van der Waals surface area contributed by atoms with Gasteiger partial charge in [-0.25, -0.2) is 0 Å². The summed E-state index contributed by atoms with van der Waals surface area (Å²) < 4.78 is 1.75. The van der Waals surface area contributed by atoms with Gasteiger partial charge in [-0.1, -0.05) is 6.08 Å². The summed E-state index contributed by atoms with van der Waals surface area (Å²) in [7, 11) is 1.89. The topological polar surface area (TPSA) is 43.8 Å². The minimum absolute atomic E-state index is 0.797. The van der Waals surface area contributed by atoms with Gasteiger partial charge in [-0.15, -0.1) is 0 Å². The standard InChI is InChI=1S/C10H15N3/c1-7-9(8-5-3-4-6-8)10(11)13(2)12-7/h5H,3-4,6,11H2,1-2H3.